The number of benzene rings is 2. The topological polar surface area (TPSA) is 76.1 Å². The van der Waals surface area contributed by atoms with Crippen molar-refractivity contribution in [1.29, 1.82) is 0 Å². The molecule has 7 nitrogen and oxygen atoms in total. The van der Waals surface area contributed by atoms with Gasteiger partial charge in [0, 0.05) is 44.6 Å². The summed E-state index contributed by atoms with van der Waals surface area (Å²) in [6.07, 6.45) is 0. The van der Waals surface area contributed by atoms with Crippen molar-refractivity contribution in [3.05, 3.63) is 54.1 Å². The van der Waals surface area contributed by atoms with Crippen LogP contribution in [0.2, 0.25) is 0 Å². The number of aromatic hydroxyl groups is 1. The Balaban J connectivity index is 1.42. The van der Waals surface area contributed by atoms with Crippen LogP contribution in [0.15, 0.2) is 48.5 Å². The summed E-state index contributed by atoms with van der Waals surface area (Å²) in [7, 11) is 1.66. The molecular formula is C22H28N4O3. The number of aryl methyl sites for hydroxylation is 1. The van der Waals surface area contributed by atoms with Crippen molar-refractivity contribution >= 4 is 23.2 Å². The van der Waals surface area contributed by atoms with Crippen LogP contribution in [0.1, 0.15) is 5.56 Å². The number of piperazine rings is 1. The first-order chi connectivity index (χ1) is 13.9. The first-order valence-corrected chi connectivity index (χ1v) is 9.77. The highest BCUT2D eigenvalue weighted by Crippen LogP contribution is 2.19. The maximum atomic E-state index is 12.5. The van der Waals surface area contributed by atoms with E-state index in [1.807, 2.05) is 43.3 Å². The van der Waals surface area contributed by atoms with E-state index >= 15 is 0 Å². The number of likely N-dealkylation sites (N-methyl/N-ethyl adjacent to an activating group) is 1. The Morgan fingerprint density at radius 1 is 1.00 bits per heavy atom. The number of rotatable bonds is 6. The van der Waals surface area contributed by atoms with E-state index in [4.69, 9.17) is 0 Å². The van der Waals surface area contributed by atoms with Crippen LogP contribution in [0, 0.1) is 6.92 Å². The third kappa shape index (κ3) is 5.96. The zero-order chi connectivity index (χ0) is 20.8. The van der Waals surface area contributed by atoms with Gasteiger partial charge in [-0.25, -0.2) is 0 Å². The lowest BCUT2D eigenvalue weighted by atomic mass is 10.2. The zero-order valence-electron chi connectivity index (χ0n) is 17.0. The summed E-state index contributed by atoms with van der Waals surface area (Å²) in [6.45, 7) is 5.50. The minimum absolute atomic E-state index is 0.0280. The van der Waals surface area contributed by atoms with Crippen LogP contribution in [-0.2, 0) is 9.59 Å². The van der Waals surface area contributed by atoms with Crippen molar-refractivity contribution in [1.82, 2.24) is 9.80 Å². The lowest BCUT2D eigenvalue weighted by Crippen LogP contribution is -2.50. The van der Waals surface area contributed by atoms with E-state index in [9.17, 15) is 14.7 Å². The molecule has 2 aromatic rings. The third-order valence-corrected chi connectivity index (χ3v) is 5.09. The molecule has 1 heterocycles. The summed E-state index contributed by atoms with van der Waals surface area (Å²) in [4.78, 5) is 30.5. The van der Waals surface area contributed by atoms with E-state index < -0.39 is 0 Å². The number of carbonyl (C=O) groups excluding carboxylic acids is 2. The summed E-state index contributed by atoms with van der Waals surface area (Å²) >= 11 is 0. The van der Waals surface area contributed by atoms with Gasteiger partial charge >= 0.3 is 0 Å². The summed E-state index contributed by atoms with van der Waals surface area (Å²) < 4.78 is 0. The molecule has 29 heavy (non-hydrogen) atoms. The minimum Gasteiger partial charge on any atom is -0.508 e. The summed E-state index contributed by atoms with van der Waals surface area (Å²) in [5, 5.41) is 12.2. The van der Waals surface area contributed by atoms with Crippen molar-refractivity contribution in [3.63, 3.8) is 0 Å². The van der Waals surface area contributed by atoms with E-state index in [0.717, 1.165) is 43.1 Å². The van der Waals surface area contributed by atoms with E-state index in [1.54, 1.807) is 19.2 Å². The predicted molar refractivity (Wildman–Crippen MR) is 114 cm³/mol. The number of hydrogen-bond donors (Lipinski definition) is 2. The number of anilines is 2. The number of carbonyl (C=O) groups is 2. The van der Waals surface area contributed by atoms with Crippen LogP contribution in [0.3, 0.4) is 0 Å². The van der Waals surface area contributed by atoms with Gasteiger partial charge in [-0.2, -0.15) is 0 Å². The first kappa shape index (κ1) is 20.7. The maximum Gasteiger partial charge on any atom is 0.243 e. The largest absolute Gasteiger partial charge is 0.508 e. The van der Waals surface area contributed by atoms with Gasteiger partial charge in [-0.3, -0.25) is 14.5 Å². The maximum absolute atomic E-state index is 12.5. The van der Waals surface area contributed by atoms with E-state index in [0.29, 0.717) is 6.54 Å². The number of amides is 2. The molecule has 0 radical (unpaired) electrons. The van der Waals surface area contributed by atoms with Gasteiger partial charge in [-0.15, -0.1) is 0 Å². The molecule has 1 saturated heterocycles. The first-order valence-electron chi connectivity index (χ1n) is 9.77. The van der Waals surface area contributed by atoms with Crippen LogP contribution >= 0.6 is 0 Å². The van der Waals surface area contributed by atoms with E-state index in [2.05, 4.69) is 15.1 Å². The molecule has 0 atom stereocenters. The molecule has 0 aliphatic carbocycles. The van der Waals surface area contributed by atoms with Gasteiger partial charge in [-0.1, -0.05) is 17.7 Å². The van der Waals surface area contributed by atoms with Gasteiger partial charge in [0.2, 0.25) is 11.8 Å². The standard InChI is InChI=1S/C22H28N4O3/c1-17-3-5-18(6-4-17)23-21(28)15-24(2)22(29)16-25-11-13-26(14-12-25)19-7-9-20(27)10-8-19/h3-10,27H,11-16H2,1-2H3,(H,23,28). The quantitative estimate of drug-likeness (QED) is 0.780. The highest BCUT2D eigenvalue weighted by Gasteiger charge is 2.21. The molecule has 1 aliphatic rings. The van der Waals surface area contributed by atoms with Crippen LogP contribution in [0.25, 0.3) is 0 Å². The van der Waals surface area contributed by atoms with Crippen LogP contribution in [0.5, 0.6) is 5.75 Å². The summed E-state index contributed by atoms with van der Waals surface area (Å²) in [6, 6.07) is 14.7. The van der Waals surface area contributed by atoms with Gasteiger partial charge in [0.05, 0.1) is 13.1 Å². The van der Waals surface area contributed by atoms with Gasteiger partial charge in [0.25, 0.3) is 0 Å². The fourth-order valence-electron chi connectivity index (χ4n) is 3.28. The number of phenols is 1. The summed E-state index contributed by atoms with van der Waals surface area (Å²) in [5.74, 6) is -0.0172. The molecule has 2 amide bonds. The second kappa shape index (κ2) is 9.43. The zero-order valence-corrected chi connectivity index (χ0v) is 17.0. The minimum atomic E-state index is -0.207. The molecule has 3 rings (SSSR count). The van der Waals surface area contributed by atoms with Crippen LogP contribution in [-0.4, -0.2) is 73.0 Å². The predicted octanol–water partition coefficient (Wildman–Crippen LogP) is 1.92. The van der Waals surface area contributed by atoms with Crippen molar-refractivity contribution in [2.75, 3.05) is 56.5 Å². The van der Waals surface area contributed by atoms with Gasteiger partial charge in [0.1, 0.15) is 5.75 Å². The van der Waals surface area contributed by atoms with Gasteiger partial charge < -0.3 is 20.2 Å². The number of phenolic OH excluding ortho intramolecular Hbond substituents is 1. The molecule has 0 unspecified atom stereocenters. The fourth-order valence-corrected chi connectivity index (χ4v) is 3.28. The number of nitrogens with one attached hydrogen (secondary N) is 1. The Labute approximate surface area is 171 Å². The SMILES string of the molecule is Cc1ccc(NC(=O)CN(C)C(=O)CN2CCN(c3ccc(O)cc3)CC2)cc1. The number of nitrogens with zero attached hydrogens (tertiary/aromatic N) is 3. The molecule has 1 aliphatic heterocycles. The molecule has 0 spiro atoms. The fraction of sp³-hybridized carbons (Fsp3) is 0.364. The monoisotopic (exact) mass is 396 g/mol. The smallest absolute Gasteiger partial charge is 0.243 e. The van der Waals surface area contributed by atoms with E-state index in [1.165, 1.54) is 4.90 Å². The average molecular weight is 396 g/mol. The van der Waals surface area contributed by atoms with Gasteiger partial charge in [-0.05, 0) is 43.3 Å². The molecule has 2 N–H and O–H groups in total. The third-order valence-electron chi connectivity index (χ3n) is 5.09. The molecule has 7 heteroatoms. The second-order valence-corrected chi connectivity index (χ2v) is 7.44. The Hall–Kier alpha value is -3.06. The van der Waals surface area contributed by atoms with E-state index in [-0.39, 0.29) is 24.1 Å². The molecular weight excluding hydrogens is 368 g/mol. The highest BCUT2D eigenvalue weighted by atomic mass is 16.3. The Bertz CT molecular complexity index is 828. The Morgan fingerprint density at radius 3 is 2.24 bits per heavy atom. The van der Waals surface area contributed by atoms with Gasteiger partial charge in [0.15, 0.2) is 0 Å². The second-order valence-electron chi connectivity index (χ2n) is 7.44. The normalized spacial score (nSPS) is 14.5. The van der Waals surface area contributed by atoms with Crippen molar-refractivity contribution in [2.45, 2.75) is 6.92 Å². The molecule has 0 saturated carbocycles. The summed E-state index contributed by atoms with van der Waals surface area (Å²) in [5.41, 5.74) is 2.92. The Morgan fingerprint density at radius 2 is 1.62 bits per heavy atom. The molecule has 1 fully saturated rings. The van der Waals surface area contributed by atoms with Crippen LogP contribution < -0.4 is 10.2 Å². The Kier molecular flexibility index (Phi) is 6.72. The van der Waals surface area contributed by atoms with Crippen LogP contribution in [0.4, 0.5) is 11.4 Å². The lowest BCUT2D eigenvalue weighted by Gasteiger charge is -2.36. The molecule has 2 aromatic carbocycles. The number of hydrogen-bond acceptors (Lipinski definition) is 5. The van der Waals surface area contributed by atoms with Crippen molar-refractivity contribution < 1.29 is 14.7 Å². The highest BCUT2D eigenvalue weighted by molar-refractivity contribution is 5.94. The van der Waals surface area contributed by atoms with Crippen molar-refractivity contribution in [3.8, 4) is 5.75 Å². The lowest BCUT2D eigenvalue weighted by molar-refractivity contribution is -0.134. The molecule has 0 bridgehead atoms. The molecule has 154 valence electrons. The average Bonchev–Trinajstić information content (AvgIpc) is 2.71. The molecule has 0 aromatic heterocycles. The van der Waals surface area contributed by atoms with Crippen molar-refractivity contribution in [2.24, 2.45) is 0 Å².